The Morgan fingerprint density at radius 3 is 2.47 bits per heavy atom. The quantitative estimate of drug-likeness (QED) is 0.779. The summed E-state index contributed by atoms with van der Waals surface area (Å²) in [6.07, 6.45) is 8.50. The second kappa shape index (κ2) is 5.31. The van der Waals surface area contributed by atoms with Crippen LogP contribution in [-0.2, 0) is 4.74 Å². The summed E-state index contributed by atoms with van der Waals surface area (Å²) in [5.41, 5.74) is 0. The first-order valence-corrected chi connectivity index (χ1v) is 6.61. The predicted octanol–water partition coefficient (Wildman–Crippen LogP) is 2.74. The third kappa shape index (κ3) is 2.73. The first-order chi connectivity index (χ1) is 7.31. The molecule has 2 unspecified atom stereocenters. The molecule has 1 saturated heterocycles. The van der Waals surface area contributed by atoms with Crippen LogP contribution in [0.15, 0.2) is 0 Å². The van der Waals surface area contributed by atoms with Gasteiger partial charge in [0.15, 0.2) is 0 Å². The van der Waals surface area contributed by atoms with Crippen LogP contribution in [0.2, 0.25) is 0 Å². The molecule has 1 aliphatic heterocycles. The van der Waals surface area contributed by atoms with E-state index in [1.807, 2.05) is 0 Å². The van der Waals surface area contributed by atoms with E-state index in [1.54, 1.807) is 0 Å². The highest BCUT2D eigenvalue weighted by Crippen LogP contribution is 2.35. The molecule has 1 aliphatic carbocycles. The molecule has 2 atom stereocenters. The van der Waals surface area contributed by atoms with Crippen molar-refractivity contribution < 1.29 is 9.84 Å². The van der Waals surface area contributed by atoms with Gasteiger partial charge in [0, 0.05) is 6.61 Å². The molecule has 2 heteroatoms. The summed E-state index contributed by atoms with van der Waals surface area (Å²) in [7, 11) is 0. The predicted molar refractivity (Wildman–Crippen MR) is 60.7 cm³/mol. The average Bonchev–Trinajstić information content (AvgIpc) is 2.82. The van der Waals surface area contributed by atoms with Crippen molar-refractivity contribution in [3.8, 4) is 0 Å². The van der Waals surface area contributed by atoms with Crippen LogP contribution in [0.5, 0.6) is 0 Å². The largest absolute Gasteiger partial charge is 0.390 e. The van der Waals surface area contributed by atoms with Gasteiger partial charge in [-0.2, -0.15) is 0 Å². The van der Waals surface area contributed by atoms with Crippen LogP contribution < -0.4 is 0 Å². The van der Waals surface area contributed by atoms with Gasteiger partial charge in [-0.1, -0.05) is 26.2 Å². The van der Waals surface area contributed by atoms with Gasteiger partial charge in [-0.15, -0.1) is 0 Å². The maximum absolute atomic E-state index is 10.2. The molecule has 0 bridgehead atoms. The van der Waals surface area contributed by atoms with Crippen LogP contribution in [0.3, 0.4) is 0 Å². The SMILES string of the molecule is CCC1CCC(C(O)C2CCCO2)CC1. The minimum Gasteiger partial charge on any atom is -0.390 e. The third-order valence-electron chi connectivity index (χ3n) is 4.30. The van der Waals surface area contributed by atoms with Gasteiger partial charge >= 0.3 is 0 Å². The molecular formula is C13H24O2. The fourth-order valence-corrected chi connectivity index (χ4v) is 3.11. The standard InChI is InChI=1S/C13H24O2/c1-2-10-5-7-11(8-6-10)13(14)12-4-3-9-15-12/h10-14H,2-9H2,1H3. The highest BCUT2D eigenvalue weighted by atomic mass is 16.5. The minimum atomic E-state index is -0.190. The molecule has 2 fully saturated rings. The van der Waals surface area contributed by atoms with Gasteiger partial charge < -0.3 is 9.84 Å². The molecule has 1 heterocycles. The van der Waals surface area contributed by atoms with E-state index in [0.29, 0.717) is 5.92 Å². The zero-order valence-corrected chi connectivity index (χ0v) is 9.82. The van der Waals surface area contributed by atoms with E-state index >= 15 is 0 Å². The number of hydrogen-bond acceptors (Lipinski definition) is 2. The Morgan fingerprint density at radius 1 is 1.20 bits per heavy atom. The summed E-state index contributed by atoms with van der Waals surface area (Å²) in [5, 5.41) is 10.2. The van der Waals surface area contributed by atoms with Crippen molar-refractivity contribution in [2.45, 2.75) is 64.1 Å². The molecule has 0 radical (unpaired) electrons. The van der Waals surface area contributed by atoms with Crippen molar-refractivity contribution in [3.63, 3.8) is 0 Å². The second-order valence-corrected chi connectivity index (χ2v) is 5.23. The molecular weight excluding hydrogens is 188 g/mol. The number of hydrogen-bond donors (Lipinski definition) is 1. The van der Waals surface area contributed by atoms with Gasteiger partial charge in [0.1, 0.15) is 0 Å². The van der Waals surface area contributed by atoms with E-state index in [2.05, 4.69) is 6.92 Å². The molecule has 2 aliphatic rings. The highest BCUT2D eigenvalue weighted by Gasteiger charge is 2.33. The monoisotopic (exact) mass is 212 g/mol. The fraction of sp³-hybridized carbons (Fsp3) is 1.00. The summed E-state index contributed by atoms with van der Waals surface area (Å²) in [4.78, 5) is 0. The maximum Gasteiger partial charge on any atom is 0.0837 e. The van der Waals surface area contributed by atoms with Gasteiger partial charge in [0.25, 0.3) is 0 Å². The Morgan fingerprint density at radius 2 is 1.93 bits per heavy atom. The molecule has 1 saturated carbocycles. The Hall–Kier alpha value is -0.0800. The average molecular weight is 212 g/mol. The molecule has 88 valence electrons. The zero-order valence-electron chi connectivity index (χ0n) is 9.82. The van der Waals surface area contributed by atoms with E-state index in [0.717, 1.165) is 25.4 Å². The lowest BCUT2D eigenvalue weighted by Gasteiger charge is -2.33. The molecule has 15 heavy (non-hydrogen) atoms. The van der Waals surface area contributed by atoms with Crippen molar-refractivity contribution in [1.29, 1.82) is 0 Å². The minimum absolute atomic E-state index is 0.146. The normalized spacial score (nSPS) is 39.2. The number of aliphatic hydroxyl groups excluding tert-OH is 1. The van der Waals surface area contributed by atoms with Crippen LogP contribution in [0.25, 0.3) is 0 Å². The van der Waals surface area contributed by atoms with Crippen molar-refractivity contribution >= 4 is 0 Å². The van der Waals surface area contributed by atoms with E-state index < -0.39 is 0 Å². The topological polar surface area (TPSA) is 29.5 Å². The lowest BCUT2D eigenvalue weighted by Crippen LogP contribution is -2.35. The van der Waals surface area contributed by atoms with Gasteiger partial charge in [-0.25, -0.2) is 0 Å². The Kier molecular flexibility index (Phi) is 4.04. The lowest BCUT2D eigenvalue weighted by molar-refractivity contribution is -0.0434. The molecule has 0 aromatic carbocycles. The van der Waals surface area contributed by atoms with Crippen molar-refractivity contribution in [2.24, 2.45) is 11.8 Å². The van der Waals surface area contributed by atoms with Gasteiger partial charge in [0.2, 0.25) is 0 Å². The second-order valence-electron chi connectivity index (χ2n) is 5.23. The van der Waals surface area contributed by atoms with E-state index in [-0.39, 0.29) is 12.2 Å². The summed E-state index contributed by atoms with van der Waals surface area (Å²) in [6.45, 7) is 3.13. The van der Waals surface area contributed by atoms with Crippen molar-refractivity contribution in [2.75, 3.05) is 6.61 Å². The lowest BCUT2D eigenvalue weighted by atomic mass is 9.77. The molecule has 2 rings (SSSR count). The van der Waals surface area contributed by atoms with Crippen LogP contribution >= 0.6 is 0 Å². The molecule has 0 spiro atoms. The first kappa shape index (κ1) is 11.4. The Balaban J connectivity index is 1.78. The van der Waals surface area contributed by atoms with E-state index in [4.69, 9.17) is 4.74 Å². The van der Waals surface area contributed by atoms with Crippen LogP contribution in [0.4, 0.5) is 0 Å². The molecule has 0 aromatic rings. The maximum atomic E-state index is 10.2. The van der Waals surface area contributed by atoms with Crippen molar-refractivity contribution in [3.05, 3.63) is 0 Å². The Bertz CT molecular complexity index is 179. The number of ether oxygens (including phenoxy) is 1. The number of rotatable bonds is 3. The third-order valence-corrected chi connectivity index (χ3v) is 4.30. The molecule has 0 amide bonds. The fourth-order valence-electron chi connectivity index (χ4n) is 3.11. The van der Waals surface area contributed by atoms with Crippen LogP contribution in [0, 0.1) is 11.8 Å². The Labute approximate surface area is 93.0 Å². The summed E-state index contributed by atoms with van der Waals surface area (Å²) in [5.74, 6) is 1.42. The smallest absolute Gasteiger partial charge is 0.0837 e. The molecule has 0 aromatic heterocycles. The van der Waals surface area contributed by atoms with E-state index in [1.165, 1.54) is 32.1 Å². The zero-order chi connectivity index (χ0) is 10.7. The molecule has 2 nitrogen and oxygen atoms in total. The summed E-state index contributed by atoms with van der Waals surface area (Å²) in [6, 6.07) is 0. The van der Waals surface area contributed by atoms with E-state index in [9.17, 15) is 5.11 Å². The van der Waals surface area contributed by atoms with Gasteiger partial charge in [-0.05, 0) is 37.5 Å². The van der Waals surface area contributed by atoms with Gasteiger partial charge in [0.05, 0.1) is 12.2 Å². The van der Waals surface area contributed by atoms with Crippen molar-refractivity contribution in [1.82, 2.24) is 0 Å². The summed E-state index contributed by atoms with van der Waals surface area (Å²) >= 11 is 0. The highest BCUT2D eigenvalue weighted by molar-refractivity contribution is 4.83. The van der Waals surface area contributed by atoms with Gasteiger partial charge in [-0.3, -0.25) is 0 Å². The number of aliphatic hydroxyl groups is 1. The molecule has 1 N–H and O–H groups in total. The van der Waals surface area contributed by atoms with Crippen LogP contribution in [0.1, 0.15) is 51.9 Å². The summed E-state index contributed by atoms with van der Waals surface area (Å²) < 4.78 is 5.57. The van der Waals surface area contributed by atoms with Crippen LogP contribution in [-0.4, -0.2) is 23.9 Å². The first-order valence-electron chi connectivity index (χ1n) is 6.61.